The number of benzene rings is 1. The number of anilines is 1. The molecule has 13 heavy (non-hydrogen) atoms. The summed E-state index contributed by atoms with van der Waals surface area (Å²) in [6.45, 7) is 1.97. The first-order valence-electron chi connectivity index (χ1n) is 4.06. The lowest BCUT2D eigenvalue weighted by atomic mass is 10.1. The van der Waals surface area contributed by atoms with Gasteiger partial charge in [-0.05, 0) is 24.6 Å². The molecule has 2 aromatic rings. The number of nitrogens with zero attached hydrogens (tertiary/aromatic N) is 1. The Hall–Kier alpha value is -1.77. The highest BCUT2D eigenvalue weighted by Gasteiger charge is 2.05. The predicted octanol–water partition coefficient (Wildman–Crippen LogP) is 1.36. The van der Waals surface area contributed by atoms with E-state index < -0.39 is 0 Å². The zero-order valence-corrected chi connectivity index (χ0v) is 7.32. The van der Waals surface area contributed by atoms with E-state index >= 15 is 0 Å². The average Bonchev–Trinajstić information content (AvgIpc) is 2.12. The van der Waals surface area contributed by atoms with Crippen LogP contribution in [0.4, 0.5) is 5.69 Å². The van der Waals surface area contributed by atoms with Gasteiger partial charge >= 0.3 is 0 Å². The second-order valence-corrected chi connectivity index (χ2v) is 3.10. The monoisotopic (exact) mass is 174 g/mol. The number of nitrogens with two attached hydrogens (primary N) is 1. The second-order valence-electron chi connectivity index (χ2n) is 3.10. The standard InChI is InChI=1S/C10H10N2O/c1-7-4-5-12(13)10-6-8(11)2-3-9(7)10/h2-6H,11H2,1H3. The molecule has 0 aliphatic rings. The molecule has 1 aromatic carbocycles. The van der Waals surface area contributed by atoms with Crippen LogP contribution in [0.1, 0.15) is 5.56 Å². The molecule has 2 rings (SSSR count). The van der Waals surface area contributed by atoms with Gasteiger partial charge in [-0.3, -0.25) is 0 Å². The van der Waals surface area contributed by atoms with Gasteiger partial charge in [0.15, 0.2) is 6.20 Å². The molecule has 0 saturated carbocycles. The molecule has 0 fully saturated rings. The Bertz CT molecular complexity index is 466. The normalized spacial score (nSPS) is 10.5. The number of nitrogen functional groups attached to an aromatic ring is 1. The van der Waals surface area contributed by atoms with Crippen LogP contribution in [-0.4, -0.2) is 0 Å². The molecule has 0 spiro atoms. The number of hydrogen-bond acceptors (Lipinski definition) is 2. The first-order chi connectivity index (χ1) is 6.18. The molecule has 0 bridgehead atoms. The molecule has 0 saturated heterocycles. The Labute approximate surface area is 76.0 Å². The SMILES string of the molecule is Cc1cc[n+]([O-])c2cc(N)ccc12. The third kappa shape index (κ3) is 1.18. The minimum Gasteiger partial charge on any atom is -0.618 e. The number of aromatic nitrogens is 1. The molecule has 66 valence electrons. The summed E-state index contributed by atoms with van der Waals surface area (Å²) in [5.41, 5.74) is 7.91. The van der Waals surface area contributed by atoms with Gasteiger partial charge in [-0.2, -0.15) is 4.73 Å². The van der Waals surface area contributed by atoms with Crippen molar-refractivity contribution in [2.75, 3.05) is 5.73 Å². The van der Waals surface area contributed by atoms with Crippen molar-refractivity contribution in [1.29, 1.82) is 0 Å². The fourth-order valence-electron chi connectivity index (χ4n) is 1.41. The first kappa shape index (κ1) is 7.86. The predicted molar refractivity (Wildman–Crippen MR) is 52.1 cm³/mol. The third-order valence-electron chi connectivity index (χ3n) is 2.14. The molecule has 3 heteroatoms. The summed E-state index contributed by atoms with van der Waals surface area (Å²) in [5, 5.41) is 12.3. The van der Waals surface area contributed by atoms with Gasteiger partial charge in [0.05, 0.1) is 5.39 Å². The summed E-state index contributed by atoms with van der Waals surface area (Å²) >= 11 is 0. The molecule has 0 aliphatic carbocycles. The van der Waals surface area contributed by atoms with Gasteiger partial charge in [-0.25, -0.2) is 0 Å². The van der Waals surface area contributed by atoms with Gasteiger partial charge in [-0.1, -0.05) is 0 Å². The highest BCUT2D eigenvalue weighted by atomic mass is 16.5. The van der Waals surface area contributed by atoms with E-state index in [0.29, 0.717) is 11.2 Å². The number of aryl methyl sites for hydroxylation is 1. The molecule has 0 unspecified atom stereocenters. The van der Waals surface area contributed by atoms with Crippen molar-refractivity contribution < 1.29 is 4.73 Å². The maximum absolute atomic E-state index is 11.3. The summed E-state index contributed by atoms with van der Waals surface area (Å²) in [6, 6.07) is 7.16. The Morgan fingerprint density at radius 3 is 2.85 bits per heavy atom. The lowest BCUT2D eigenvalue weighted by Gasteiger charge is -2.03. The van der Waals surface area contributed by atoms with Crippen LogP contribution in [0.5, 0.6) is 0 Å². The summed E-state index contributed by atoms with van der Waals surface area (Å²) in [7, 11) is 0. The van der Waals surface area contributed by atoms with Gasteiger partial charge in [-0.15, -0.1) is 0 Å². The van der Waals surface area contributed by atoms with Crippen molar-refractivity contribution >= 4 is 16.6 Å². The lowest BCUT2D eigenvalue weighted by molar-refractivity contribution is -0.577. The Morgan fingerprint density at radius 1 is 1.31 bits per heavy atom. The molecule has 0 amide bonds. The molecule has 1 aromatic heterocycles. The van der Waals surface area contributed by atoms with Crippen molar-refractivity contribution in [2.24, 2.45) is 0 Å². The zero-order valence-electron chi connectivity index (χ0n) is 7.32. The topological polar surface area (TPSA) is 53.0 Å². The molecule has 0 atom stereocenters. The fourth-order valence-corrected chi connectivity index (χ4v) is 1.41. The summed E-state index contributed by atoms with van der Waals surface area (Å²) in [5.74, 6) is 0. The van der Waals surface area contributed by atoms with E-state index in [2.05, 4.69) is 0 Å². The molecule has 0 aliphatic heterocycles. The zero-order chi connectivity index (χ0) is 9.42. The van der Waals surface area contributed by atoms with Crippen molar-refractivity contribution in [2.45, 2.75) is 6.92 Å². The lowest BCUT2D eigenvalue weighted by Crippen LogP contribution is -2.26. The van der Waals surface area contributed by atoms with E-state index in [9.17, 15) is 5.21 Å². The van der Waals surface area contributed by atoms with Crippen LogP contribution >= 0.6 is 0 Å². The van der Waals surface area contributed by atoms with Crippen molar-refractivity contribution in [3.8, 4) is 0 Å². The largest absolute Gasteiger partial charge is 0.618 e. The van der Waals surface area contributed by atoms with Crippen molar-refractivity contribution in [1.82, 2.24) is 0 Å². The second kappa shape index (κ2) is 2.62. The van der Waals surface area contributed by atoms with Crippen LogP contribution in [0.15, 0.2) is 30.5 Å². The van der Waals surface area contributed by atoms with E-state index in [1.807, 2.05) is 13.0 Å². The van der Waals surface area contributed by atoms with Gasteiger partial charge in [0.2, 0.25) is 5.52 Å². The van der Waals surface area contributed by atoms with E-state index in [4.69, 9.17) is 5.73 Å². The molecular formula is C10H10N2O. The minimum absolute atomic E-state index is 0.614. The average molecular weight is 174 g/mol. The van der Waals surface area contributed by atoms with Crippen LogP contribution in [0, 0.1) is 12.1 Å². The minimum atomic E-state index is 0.614. The third-order valence-corrected chi connectivity index (χ3v) is 2.14. The Morgan fingerprint density at radius 2 is 2.08 bits per heavy atom. The highest BCUT2D eigenvalue weighted by molar-refractivity contribution is 5.82. The number of pyridine rings is 1. The molecule has 1 heterocycles. The molecule has 0 radical (unpaired) electrons. The van der Waals surface area contributed by atoms with Gasteiger partial charge < -0.3 is 10.9 Å². The Balaban J connectivity index is 2.92. The van der Waals surface area contributed by atoms with Crippen molar-refractivity contribution in [3.05, 3.63) is 41.2 Å². The van der Waals surface area contributed by atoms with Crippen LogP contribution < -0.4 is 10.5 Å². The quantitative estimate of drug-likeness (QED) is 0.372. The van der Waals surface area contributed by atoms with Crippen molar-refractivity contribution in [3.63, 3.8) is 0 Å². The maximum atomic E-state index is 11.3. The van der Waals surface area contributed by atoms with Crippen LogP contribution in [0.25, 0.3) is 10.9 Å². The maximum Gasteiger partial charge on any atom is 0.226 e. The summed E-state index contributed by atoms with van der Waals surface area (Å²) in [6.07, 6.45) is 1.50. The molecular weight excluding hydrogens is 164 g/mol. The van der Waals surface area contributed by atoms with E-state index in [1.165, 1.54) is 6.20 Å². The first-order valence-corrected chi connectivity index (χ1v) is 4.06. The fraction of sp³-hybridized carbons (Fsp3) is 0.100. The highest BCUT2D eigenvalue weighted by Crippen LogP contribution is 2.16. The van der Waals surface area contributed by atoms with E-state index in [0.717, 1.165) is 15.7 Å². The van der Waals surface area contributed by atoms with Crippen LogP contribution in [-0.2, 0) is 0 Å². The molecule has 2 N–H and O–H groups in total. The smallest absolute Gasteiger partial charge is 0.226 e. The number of rotatable bonds is 0. The number of fused-ring (bicyclic) bond motifs is 1. The summed E-state index contributed by atoms with van der Waals surface area (Å²) in [4.78, 5) is 0. The summed E-state index contributed by atoms with van der Waals surface area (Å²) < 4.78 is 0.832. The number of hydrogen-bond donors (Lipinski definition) is 1. The Kier molecular flexibility index (Phi) is 1.59. The van der Waals surface area contributed by atoms with E-state index in [1.54, 1.807) is 18.2 Å². The molecule has 3 nitrogen and oxygen atoms in total. The van der Waals surface area contributed by atoms with Gasteiger partial charge in [0, 0.05) is 17.8 Å². The van der Waals surface area contributed by atoms with Gasteiger partial charge in [0.1, 0.15) is 0 Å². The van der Waals surface area contributed by atoms with Crippen LogP contribution in [0.2, 0.25) is 0 Å². The van der Waals surface area contributed by atoms with Gasteiger partial charge in [0.25, 0.3) is 0 Å². The van der Waals surface area contributed by atoms with E-state index in [-0.39, 0.29) is 0 Å². The van der Waals surface area contributed by atoms with Crippen LogP contribution in [0.3, 0.4) is 0 Å².